The lowest BCUT2D eigenvalue weighted by Gasteiger charge is -2.06. The van der Waals surface area contributed by atoms with Crippen LogP contribution in [0.3, 0.4) is 0 Å². The first-order valence-corrected chi connectivity index (χ1v) is 7.72. The summed E-state index contributed by atoms with van der Waals surface area (Å²) < 4.78 is 7.10. The highest BCUT2D eigenvalue weighted by Gasteiger charge is 2.19. The quantitative estimate of drug-likeness (QED) is 0.538. The average Bonchev–Trinajstić information content (AvgIpc) is 2.86. The van der Waals surface area contributed by atoms with Gasteiger partial charge in [-0.2, -0.15) is 0 Å². The predicted molar refractivity (Wildman–Crippen MR) is 82.6 cm³/mol. The van der Waals surface area contributed by atoms with Crippen molar-refractivity contribution in [2.75, 3.05) is 12.9 Å². The van der Waals surface area contributed by atoms with E-state index in [0.29, 0.717) is 12.3 Å². The molecule has 2 heterocycles. The van der Waals surface area contributed by atoms with Gasteiger partial charge in [-0.3, -0.25) is 0 Å². The number of ether oxygens (including phenoxy) is 1. The molecule has 3 rings (SSSR count). The second-order valence-electron chi connectivity index (χ2n) is 4.44. The highest BCUT2D eigenvalue weighted by molar-refractivity contribution is 7.98. The average molecular weight is 285 g/mol. The number of nitrogens with zero attached hydrogens (tertiary/aromatic N) is 1. The first-order valence-electron chi connectivity index (χ1n) is 6.50. The van der Waals surface area contributed by atoms with Gasteiger partial charge < -0.3 is 9.14 Å². The van der Waals surface area contributed by atoms with Gasteiger partial charge in [0, 0.05) is 16.5 Å². The number of rotatable bonds is 3. The van der Waals surface area contributed by atoms with Crippen molar-refractivity contribution in [3.8, 4) is 0 Å². The summed E-state index contributed by atoms with van der Waals surface area (Å²) in [5.74, 6) is -0.271. The summed E-state index contributed by atoms with van der Waals surface area (Å²) in [5, 5.41) is 2.31. The van der Waals surface area contributed by atoms with Crippen molar-refractivity contribution < 1.29 is 9.53 Å². The van der Waals surface area contributed by atoms with Gasteiger partial charge in [-0.05, 0) is 30.7 Å². The van der Waals surface area contributed by atoms with Crippen molar-refractivity contribution in [2.45, 2.75) is 11.8 Å². The first-order chi connectivity index (χ1) is 9.76. The summed E-state index contributed by atoms with van der Waals surface area (Å²) >= 11 is 1.56. The minimum Gasteiger partial charge on any atom is -0.461 e. The fraction of sp³-hybridized carbons (Fsp3) is 0.188. The predicted octanol–water partition coefficient (Wildman–Crippen LogP) is 3.99. The minimum absolute atomic E-state index is 0.271. The van der Waals surface area contributed by atoms with E-state index in [1.807, 2.05) is 42.0 Å². The van der Waals surface area contributed by atoms with E-state index in [9.17, 15) is 4.79 Å². The van der Waals surface area contributed by atoms with E-state index in [1.165, 1.54) is 5.39 Å². The molecule has 4 heteroatoms. The van der Waals surface area contributed by atoms with Gasteiger partial charge in [-0.15, -0.1) is 11.8 Å². The molecule has 0 atom stereocenters. The standard InChI is InChI=1S/C16H15NO2S/c1-3-19-16(18)15-14(20-2)10-13-12-7-5-4-6-11(12)8-9-17(13)15/h4-10H,3H2,1-2H3. The minimum atomic E-state index is -0.271. The highest BCUT2D eigenvalue weighted by Crippen LogP contribution is 2.30. The molecular formula is C16H15NO2S. The smallest absolute Gasteiger partial charge is 0.356 e. The van der Waals surface area contributed by atoms with Gasteiger partial charge in [0.25, 0.3) is 0 Å². The largest absolute Gasteiger partial charge is 0.461 e. The van der Waals surface area contributed by atoms with Gasteiger partial charge in [0.05, 0.1) is 12.1 Å². The Hall–Kier alpha value is -1.94. The molecule has 0 aliphatic heterocycles. The van der Waals surface area contributed by atoms with Crippen LogP contribution in [0.1, 0.15) is 17.4 Å². The number of fused-ring (bicyclic) bond motifs is 3. The molecule has 0 saturated carbocycles. The molecule has 0 radical (unpaired) electrons. The van der Waals surface area contributed by atoms with E-state index in [2.05, 4.69) is 18.2 Å². The molecule has 0 aliphatic carbocycles. The molecule has 0 fully saturated rings. The lowest BCUT2D eigenvalue weighted by molar-refractivity contribution is 0.0514. The van der Waals surface area contributed by atoms with Gasteiger partial charge >= 0.3 is 5.97 Å². The summed E-state index contributed by atoms with van der Waals surface area (Å²) in [4.78, 5) is 13.1. The van der Waals surface area contributed by atoms with Crippen LogP contribution in [0.25, 0.3) is 16.3 Å². The fourth-order valence-corrected chi connectivity index (χ4v) is 3.05. The maximum atomic E-state index is 12.2. The monoisotopic (exact) mass is 285 g/mol. The van der Waals surface area contributed by atoms with E-state index >= 15 is 0 Å². The van der Waals surface area contributed by atoms with Gasteiger partial charge in [0.2, 0.25) is 0 Å². The molecule has 3 nitrogen and oxygen atoms in total. The molecule has 102 valence electrons. The number of benzene rings is 1. The van der Waals surface area contributed by atoms with E-state index in [-0.39, 0.29) is 5.97 Å². The van der Waals surface area contributed by atoms with Crippen LogP contribution in [0.4, 0.5) is 0 Å². The van der Waals surface area contributed by atoms with Crippen LogP contribution in [0, 0.1) is 0 Å². The van der Waals surface area contributed by atoms with Crippen molar-refractivity contribution in [2.24, 2.45) is 0 Å². The Kier molecular flexibility index (Phi) is 3.40. The van der Waals surface area contributed by atoms with Gasteiger partial charge in [-0.1, -0.05) is 24.3 Å². The van der Waals surface area contributed by atoms with Crippen molar-refractivity contribution >= 4 is 34.0 Å². The third-order valence-electron chi connectivity index (χ3n) is 3.33. The number of esters is 1. The highest BCUT2D eigenvalue weighted by atomic mass is 32.2. The topological polar surface area (TPSA) is 30.7 Å². The Labute approximate surface area is 121 Å². The van der Waals surface area contributed by atoms with Crippen molar-refractivity contribution in [1.82, 2.24) is 4.40 Å². The molecule has 0 N–H and O–H groups in total. The second kappa shape index (κ2) is 5.21. The van der Waals surface area contributed by atoms with E-state index in [4.69, 9.17) is 4.74 Å². The third kappa shape index (κ3) is 1.96. The third-order valence-corrected chi connectivity index (χ3v) is 4.08. The Balaban J connectivity index is 2.34. The SMILES string of the molecule is CCOC(=O)c1c(SC)cc2c3ccccc3ccn12. The summed E-state index contributed by atoms with van der Waals surface area (Å²) in [6.45, 7) is 2.20. The summed E-state index contributed by atoms with van der Waals surface area (Å²) in [7, 11) is 0. The zero-order valence-electron chi connectivity index (χ0n) is 11.4. The molecular weight excluding hydrogens is 270 g/mol. The summed E-state index contributed by atoms with van der Waals surface area (Å²) in [6.07, 6.45) is 3.91. The molecule has 0 spiro atoms. The van der Waals surface area contributed by atoms with Gasteiger partial charge in [0.1, 0.15) is 5.69 Å². The summed E-state index contributed by atoms with van der Waals surface area (Å²) in [5.41, 5.74) is 1.65. The number of pyridine rings is 1. The molecule has 2 aromatic heterocycles. The van der Waals surface area contributed by atoms with Crippen LogP contribution in [-0.2, 0) is 4.74 Å². The molecule has 0 amide bonds. The number of hydrogen-bond acceptors (Lipinski definition) is 3. The fourth-order valence-electron chi connectivity index (χ4n) is 2.45. The van der Waals surface area contributed by atoms with Gasteiger partial charge in [-0.25, -0.2) is 4.79 Å². The molecule has 0 unspecified atom stereocenters. The Bertz CT molecular complexity index is 792. The normalized spacial score (nSPS) is 11.1. The Morgan fingerprint density at radius 1 is 1.30 bits per heavy atom. The maximum absolute atomic E-state index is 12.2. The second-order valence-corrected chi connectivity index (χ2v) is 5.29. The number of thioether (sulfide) groups is 1. The molecule has 0 saturated heterocycles. The molecule has 3 aromatic rings. The molecule has 1 aromatic carbocycles. The Morgan fingerprint density at radius 2 is 2.10 bits per heavy atom. The zero-order chi connectivity index (χ0) is 14.1. The maximum Gasteiger partial charge on any atom is 0.356 e. The van der Waals surface area contributed by atoms with Gasteiger partial charge in [0.15, 0.2) is 0 Å². The molecule has 20 heavy (non-hydrogen) atoms. The van der Waals surface area contributed by atoms with Crippen LogP contribution >= 0.6 is 11.8 Å². The zero-order valence-corrected chi connectivity index (χ0v) is 12.2. The van der Waals surface area contributed by atoms with Crippen molar-refractivity contribution in [3.63, 3.8) is 0 Å². The van der Waals surface area contributed by atoms with Crippen LogP contribution in [0.2, 0.25) is 0 Å². The van der Waals surface area contributed by atoms with Crippen LogP contribution in [-0.4, -0.2) is 23.2 Å². The Morgan fingerprint density at radius 3 is 2.85 bits per heavy atom. The van der Waals surface area contributed by atoms with Crippen LogP contribution in [0.15, 0.2) is 47.5 Å². The lowest BCUT2D eigenvalue weighted by atomic mass is 10.1. The molecule has 0 bridgehead atoms. The number of hydrogen-bond donors (Lipinski definition) is 0. The summed E-state index contributed by atoms with van der Waals surface area (Å²) in [6, 6.07) is 12.3. The van der Waals surface area contributed by atoms with Crippen LogP contribution < -0.4 is 0 Å². The van der Waals surface area contributed by atoms with E-state index < -0.39 is 0 Å². The number of carbonyl (C=O) groups excluding carboxylic acids is 1. The van der Waals surface area contributed by atoms with Crippen LogP contribution in [0.5, 0.6) is 0 Å². The molecule has 0 aliphatic rings. The lowest BCUT2D eigenvalue weighted by Crippen LogP contribution is -2.09. The van der Waals surface area contributed by atoms with E-state index in [1.54, 1.807) is 11.8 Å². The number of aromatic nitrogens is 1. The van der Waals surface area contributed by atoms with Crippen molar-refractivity contribution in [1.29, 1.82) is 0 Å². The van der Waals surface area contributed by atoms with Crippen molar-refractivity contribution in [3.05, 3.63) is 48.3 Å². The number of carbonyl (C=O) groups is 1. The first kappa shape index (κ1) is 13.1. The van der Waals surface area contributed by atoms with E-state index in [0.717, 1.165) is 15.8 Å².